The first kappa shape index (κ1) is 44.6. The highest BCUT2D eigenvalue weighted by atomic mass is 16.5. The van der Waals surface area contributed by atoms with Crippen LogP contribution in [0.5, 0.6) is 11.5 Å². The maximum absolute atomic E-state index is 14.5. The van der Waals surface area contributed by atoms with Crippen LogP contribution in [0.15, 0.2) is 78.1 Å². The SMILES string of the molecule is COc1cc2c(cc1O)[C@@H](CC[C@H](O)C[C@H](C1=CCNC(N)=C1)c1ccc3ccccc3c1)C#C[C@@]1(CC[C@H](CC[C@H]3C[C@@H]4CCC(=O)C[C@@H]4NC34CCCCC4)C[C@H]1O)C(=O)CC2. The number of phenols is 1. The molecule has 3 saturated carbocycles. The molecule has 3 aromatic carbocycles. The summed E-state index contributed by atoms with van der Waals surface area (Å²) in [5, 5.41) is 44.7. The molecule has 0 amide bonds. The summed E-state index contributed by atoms with van der Waals surface area (Å²) in [7, 11) is 1.53. The molecule has 9 nitrogen and oxygen atoms in total. The molecule has 2 spiro atoms. The van der Waals surface area contributed by atoms with Gasteiger partial charge in [-0.2, -0.15) is 0 Å². The lowest BCUT2D eigenvalue weighted by Gasteiger charge is -2.54. The van der Waals surface area contributed by atoms with Gasteiger partial charge >= 0.3 is 0 Å². The van der Waals surface area contributed by atoms with Crippen LogP contribution in [0.25, 0.3) is 10.8 Å². The number of aliphatic hydroxyl groups is 2. The minimum atomic E-state index is -1.16. The third-order valence-corrected chi connectivity index (χ3v) is 16.6. The number of carbonyl (C=O) groups excluding carboxylic acids is 2. The van der Waals surface area contributed by atoms with Gasteiger partial charge in [0.2, 0.25) is 0 Å². The lowest BCUT2D eigenvalue weighted by Crippen LogP contribution is -2.63. The molecule has 340 valence electrons. The number of ether oxygens (including phenoxy) is 1. The van der Waals surface area contributed by atoms with Gasteiger partial charge in [0.25, 0.3) is 0 Å². The van der Waals surface area contributed by atoms with E-state index >= 15 is 0 Å². The molecule has 3 aromatic rings. The second kappa shape index (κ2) is 19.1. The van der Waals surface area contributed by atoms with Gasteiger partial charge in [-0.1, -0.05) is 86.1 Å². The van der Waals surface area contributed by atoms with Crippen LogP contribution in [0.1, 0.15) is 144 Å². The molecule has 0 radical (unpaired) electrons. The number of hydrogen-bond acceptors (Lipinski definition) is 9. The summed E-state index contributed by atoms with van der Waals surface area (Å²) in [5.41, 5.74) is 9.15. The van der Waals surface area contributed by atoms with Gasteiger partial charge in [0, 0.05) is 49.2 Å². The molecule has 2 heterocycles. The van der Waals surface area contributed by atoms with E-state index in [9.17, 15) is 24.9 Å². The Labute approximate surface area is 379 Å². The molecule has 4 fully saturated rings. The number of carbonyl (C=O) groups is 2. The normalized spacial score (nSPS) is 30.0. The maximum atomic E-state index is 14.5. The Kier molecular flexibility index (Phi) is 13.3. The van der Waals surface area contributed by atoms with Gasteiger partial charge in [-0.15, -0.1) is 0 Å². The summed E-state index contributed by atoms with van der Waals surface area (Å²) in [6.45, 7) is 0.621. The predicted octanol–water partition coefficient (Wildman–Crippen LogP) is 8.78. The number of aromatic hydroxyl groups is 1. The average molecular weight is 868 g/mol. The first-order valence-corrected chi connectivity index (χ1v) is 24.5. The molecule has 1 saturated heterocycles. The van der Waals surface area contributed by atoms with Gasteiger partial charge < -0.3 is 36.4 Å². The number of ketones is 2. The molecule has 0 aromatic heterocycles. The van der Waals surface area contributed by atoms with Crippen molar-refractivity contribution in [3.63, 3.8) is 0 Å². The molecule has 0 bridgehead atoms. The van der Waals surface area contributed by atoms with E-state index in [0.29, 0.717) is 99.1 Å². The number of nitrogens with two attached hydrogens (primary N) is 1. The minimum absolute atomic E-state index is 0.0130. The van der Waals surface area contributed by atoms with Gasteiger partial charge in [-0.3, -0.25) is 9.59 Å². The Morgan fingerprint density at radius 3 is 2.56 bits per heavy atom. The Morgan fingerprint density at radius 1 is 0.938 bits per heavy atom. The Hall–Kier alpha value is -4.62. The van der Waals surface area contributed by atoms with Gasteiger partial charge in [-0.25, -0.2) is 0 Å². The van der Waals surface area contributed by atoms with E-state index in [1.807, 2.05) is 24.3 Å². The first-order valence-electron chi connectivity index (χ1n) is 24.5. The summed E-state index contributed by atoms with van der Waals surface area (Å²) in [5.74, 6) is 9.35. The van der Waals surface area contributed by atoms with Crippen molar-refractivity contribution in [2.75, 3.05) is 13.7 Å². The molecule has 64 heavy (non-hydrogen) atoms. The van der Waals surface area contributed by atoms with E-state index < -0.39 is 17.6 Å². The summed E-state index contributed by atoms with van der Waals surface area (Å²) in [6, 6.07) is 18.7. The number of benzene rings is 3. The van der Waals surface area contributed by atoms with Gasteiger partial charge in [-0.05, 0) is 146 Å². The van der Waals surface area contributed by atoms with Gasteiger partial charge in [0.05, 0.1) is 25.1 Å². The van der Waals surface area contributed by atoms with E-state index in [0.717, 1.165) is 58.7 Å². The van der Waals surface area contributed by atoms with Crippen molar-refractivity contribution in [3.8, 4) is 23.3 Å². The van der Waals surface area contributed by atoms with Crippen molar-refractivity contribution in [2.45, 2.75) is 158 Å². The van der Waals surface area contributed by atoms with Crippen LogP contribution in [0.2, 0.25) is 0 Å². The number of allylic oxidation sites excluding steroid dienone is 2. The minimum Gasteiger partial charge on any atom is -0.504 e. The molecule has 4 aliphatic carbocycles. The van der Waals surface area contributed by atoms with Crippen LogP contribution in [0.4, 0.5) is 0 Å². The van der Waals surface area contributed by atoms with Crippen LogP contribution in [-0.4, -0.2) is 64.3 Å². The third kappa shape index (κ3) is 9.26. The second-order valence-electron chi connectivity index (χ2n) is 20.4. The summed E-state index contributed by atoms with van der Waals surface area (Å²) in [6.07, 6.45) is 18.5. The number of piperidine rings is 1. The Balaban J connectivity index is 0.929. The zero-order chi connectivity index (χ0) is 44.4. The standard InChI is InChI=1S/C55H69N3O6/c1-64-50-30-40-14-18-51(62)54(24-19-35(27-52(54)63)9-15-43-29-42-13-17-45(60)33-48(42)58-55(43)22-5-2-6-23-55)25-20-37(47(40)34-49(50)61)12-16-44(59)32-46(41-21-26-57-53(56)31-41)39-11-10-36-7-3-4-8-38(36)28-39/h3-4,7-8,10-11,21,28,30-31,34-35,37,42-44,46,48,52,57-59,61,63H,2,5-6,9,12-19,22-24,26-27,29,32-33,56H2,1H3/t35-,37-,42-,43-,44-,46-,48-,52+,54-/m0/s1. The highest BCUT2D eigenvalue weighted by Crippen LogP contribution is 2.50. The fraction of sp³-hybridized carbons (Fsp3) is 0.564. The number of aryl methyl sites for hydroxylation is 1. The Morgan fingerprint density at radius 2 is 1.77 bits per heavy atom. The van der Waals surface area contributed by atoms with Crippen molar-refractivity contribution in [1.29, 1.82) is 0 Å². The fourth-order valence-electron chi connectivity index (χ4n) is 13.0. The number of nitrogens with one attached hydrogen (secondary N) is 2. The molecule has 0 unspecified atom stereocenters. The van der Waals surface area contributed by atoms with E-state index in [1.165, 1.54) is 45.6 Å². The highest BCUT2D eigenvalue weighted by molar-refractivity contribution is 5.89. The number of dihydropyridines is 1. The number of hydrogen-bond donors (Lipinski definition) is 6. The number of aliphatic hydroxyl groups excluding tert-OH is 2. The van der Waals surface area contributed by atoms with Crippen LogP contribution in [0, 0.1) is 35.0 Å². The first-order chi connectivity index (χ1) is 31.0. The van der Waals surface area contributed by atoms with Crippen LogP contribution < -0.4 is 21.1 Å². The molecule has 9 atom stereocenters. The van der Waals surface area contributed by atoms with Crippen LogP contribution >= 0.6 is 0 Å². The monoisotopic (exact) mass is 868 g/mol. The molecule has 7 N–H and O–H groups in total. The number of fused-ring (bicyclic) bond motifs is 3. The van der Waals surface area contributed by atoms with Crippen molar-refractivity contribution in [1.82, 2.24) is 10.6 Å². The maximum Gasteiger partial charge on any atom is 0.160 e. The Bertz CT molecular complexity index is 2340. The van der Waals surface area contributed by atoms with Crippen LogP contribution in [-0.2, 0) is 16.0 Å². The average Bonchev–Trinajstić information content (AvgIpc) is 3.35. The number of methoxy groups -OCH3 is 1. The predicted molar refractivity (Wildman–Crippen MR) is 252 cm³/mol. The highest BCUT2D eigenvalue weighted by Gasteiger charge is 2.50. The second-order valence-corrected chi connectivity index (χ2v) is 20.4. The quantitative estimate of drug-likeness (QED) is 0.104. The van der Waals surface area contributed by atoms with E-state index in [2.05, 4.69) is 58.9 Å². The summed E-state index contributed by atoms with van der Waals surface area (Å²) >= 11 is 0. The summed E-state index contributed by atoms with van der Waals surface area (Å²) < 4.78 is 5.53. The number of Topliss-reactive ketones (excluding diaryl/α,β-unsaturated/α-hetero) is 2. The molecule has 2 aliphatic heterocycles. The number of rotatable bonds is 11. The topological polar surface area (TPSA) is 154 Å². The van der Waals surface area contributed by atoms with Crippen molar-refractivity contribution < 1.29 is 29.6 Å². The fourth-order valence-corrected chi connectivity index (χ4v) is 13.0. The summed E-state index contributed by atoms with van der Waals surface area (Å²) in [4.78, 5) is 26.9. The number of phenolic OH excluding ortho intramolecular Hbond substituents is 1. The zero-order valence-corrected chi connectivity index (χ0v) is 37.8. The van der Waals surface area contributed by atoms with Gasteiger partial charge in [0.15, 0.2) is 17.3 Å². The largest absolute Gasteiger partial charge is 0.504 e. The van der Waals surface area contributed by atoms with Gasteiger partial charge in [0.1, 0.15) is 11.2 Å². The van der Waals surface area contributed by atoms with E-state index in [1.54, 1.807) is 6.07 Å². The van der Waals surface area contributed by atoms with Crippen molar-refractivity contribution in [2.24, 2.45) is 28.9 Å². The van der Waals surface area contributed by atoms with Crippen molar-refractivity contribution in [3.05, 3.63) is 94.8 Å². The lowest BCUT2D eigenvalue weighted by molar-refractivity contribution is -0.134. The molecule has 6 aliphatic rings. The molecular weight excluding hydrogens is 799 g/mol. The van der Waals surface area contributed by atoms with E-state index in [-0.39, 0.29) is 35.3 Å². The van der Waals surface area contributed by atoms with Crippen LogP contribution in [0.3, 0.4) is 0 Å². The molecule has 9 rings (SSSR count). The lowest BCUT2D eigenvalue weighted by atomic mass is 9.60. The molecular formula is C55H69N3O6. The zero-order valence-electron chi connectivity index (χ0n) is 37.8. The van der Waals surface area contributed by atoms with E-state index in [4.69, 9.17) is 10.5 Å². The molecule has 9 heteroatoms. The smallest absolute Gasteiger partial charge is 0.160 e. The van der Waals surface area contributed by atoms with Crippen molar-refractivity contribution >= 4 is 22.3 Å². The third-order valence-electron chi connectivity index (χ3n) is 16.6.